The van der Waals surface area contributed by atoms with Gasteiger partial charge >= 0.3 is 0 Å². The number of anilines is 5. The maximum Gasteiger partial charge on any atom is 0.229 e. The first-order chi connectivity index (χ1) is 22.0. The van der Waals surface area contributed by atoms with Crippen LogP contribution in [0.25, 0.3) is 11.0 Å². The summed E-state index contributed by atoms with van der Waals surface area (Å²) in [5, 5.41) is 7.37. The molecular formula is C33H43BrN9O2P. The van der Waals surface area contributed by atoms with Crippen molar-refractivity contribution in [1.29, 1.82) is 0 Å². The second-order valence-corrected chi connectivity index (χ2v) is 16.8. The molecule has 11 nitrogen and oxygen atoms in total. The third-order valence-corrected chi connectivity index (χ3v) is 11.3. The molecule has 1 atom stereocenters. The summed E-state index contributed by atoms with van der Waals surface area (Å²) < 4.78 is 19.9. The van der Waals surface area contributed by atoms with Crippen LogP contribution in [0.15, 0.2) is 47.3 Å². The van der Waals surface area contributed by atoms with Crippen LogP contribution in [0.5, 0.6) is 5.75 Å². The Bertz CT molecular complexity index is 1770. The highest BCUT2D eigenvalue weighted by Gasteiger charge is 2.32. The highest BCUT2D eigenvalue weighted by molar-refractivity contribution is 9.10. The summed E-state index contributed by atoms with van der Waals surface area (Å²) in [5.74, 6) is 1.66. The van der Waals surface area contributed by atoms with Gasteiger partial charge in [-0.05, 0) is 93.3 Å². The van der Waals surface area contributed by atoms with Crippen LogP contribution in [0.1, 0.15) is 24.8 Å². The van der Waals surface area contributed by atoms with E-state index < -0.39 is 7.14 Å². The first-order valence-corrected chi connectivity index (χ1v) is 19.1. The van der Waals surface area contributed by atoms with Gasteiger partial charge in [0.05, 0.1) is 33.8 Å². The third kappa shape index (κ3) is 6.86. The quantitative estimate of drug-likeness (QED) is 0.205. The molecule has 0 saturated carbocycles. The van der Waals surface area contributed by atoms with Gasteiger partial charge in [0.1, 0.15) is 24.2 Å². The molecule has 2 aliphatic rings. The Kier molecular flexibility index (Phi) is 9.53. The van der Waals surface area contributed by atoms with Crippen LogP contribution in [0, 0.1) is 6.92 Å². The number of piperidine rings is 1. The van der Waals surface area contributed by atoms with Gasteiger partial charge in [0.2, 0.25) is 5.95 Å². The summed E-state index contributed by atoms with van der Waals surface area (Å²) >= 11 is 3.58. The molecule has 1 unspecified atom stereocenters. The van der Waals surface area contributed by atoms with Crippen molar-refractivity contribution in [2.75, 3.05) is 76.2 Å². The number of methoxy groups -OCH3 is 1. The first kappa shape index (κ1) is 32.6. The zero-order valence-electron chi connectivity index (χ0n) is 27.4. The fraction of sp³-hybridized carbons (Fsp3) is 0.455. The van der Waals surface area contributed by atoms with Gasteiger partial charge in [-0.1, -0.05) is 0 Å². The van der Waals surface area contributed by atoms with E-state index in [9.17, 15) is 4.57 Å². The molecule has 2 aromatic carbocycles. The zero-order chi connectivity index (χ0) is 32.6. The Balaban J connectivity index is 1.19. The van der Waals surface area contributed by atoms with Crippen LogP contribution in [0.3, 0.4) is 0 Å². The number of ether oxygens (including phenoxy) is 1. The number of fused-ring (bicyclic) bond motifs is 1. The monoisotopic (exact) mass is 707 g/mol. The molecular weight excluding hydrogens is 665 g/mol. The first-order valence-electron chi connectivity index (χ1n) is 15.7. The van der Waals surface area contributed by atoms with Gasteiger partial charge in [0, 0.05) is 68.6 Å². The van der Waals surface area contributed by atoms with Crippen LogP contribution < -0.4 is 25.6 Å². The molecule has 244 valence electrons. The van der Waals surface area contributed by atoms with E-state index in [0.717, 1.165) is 30.1 Å². The second-order valence-electron chi connectivity index (χ2n) is 12.8. The topological polar surface area (TPSA) is 112 Å². The largest absolute Gasteiger partial charge is 0.494 e. The molecule has 0 radical (unpaired) electrons. The summed E-state index contributed by atoms with van der Waals surface area (Å²) in [6.07, 6.45) is 8.54. The van der Waals surface area contributed by atoms with E-state index in [-0.39, 0.29) is 0 Å². The fourth-order valence-electron chi connectivity index (χ4n) is 6.71. The molecule has 2 aliphatic heterocycles. The lowest BCUT2D eigenvalue weighted by atomic mass is 10.0. The highest BCUT2D eigenvalue weighted by atomic mass is 79.9. The van der Waals surface area contributed by atoms with E-state index in [1.807, 2.05) is 12.1 Å². The molecule has 0 aliphatic carbocycles. The average Bonchev–Trinajstić information content (AvgIpc) is 3.53. The Hall–Kier alpha value is -3.31. The van der Waals surface area contributed by atoms with E-state index in [2.05, 4.69) is 89.4 Å². The molecule has 6 rings (SSSR count). The number of benzene rings is 2. The lowest BCUT2D eigenvalue weighted by molar-refractivity contribution is 0.189. The summed E-state index contributed by atoms with van der Waals surface area (Å²) in [5.41, 5.74) is 5.11. The number of nitrogens with one attached hydrogen (secondary N) is 2. The minimum atomic E-state index is -2.73. The zero-order valence-corrected chi connectivity index (χ0v) is 29.9. The minimum Gasteiger partial charge on any atom is -0.494 e. The standard InChI is InChI=1S/C33H43BrN9O2P/c1-21-17-27(29(45-4)18-28(21)42-14-9-22(10-15-42)43-16-11-23(20-43)41(2)3)39-33-37-19-24(34)32(40-33)38-26-8-7-25-30(36-13-12-35-25)31(26)46(5,6)44/h7-8,12-13,17-19,22-23H,9-11,14-16,20H2,1-6H3,(H2,37,38,39,40). The van der Waals surface area contributed by atoms with Gasteiger partial charge in [-0.15, -0.1) is 0 Å². The van der Waals surface area contributed by atoms with Gasteiger partial charge in [0.25, 0.3) is 0 Å². The summed E-state index contributed by atoms with van der Waals surface area (Å²) in [7, 11) is 3.34. The predicted molar refractivity (Wildman–Crippen MR) is 192 cm³/mol. The van der Waals surface area contributed by atoms with Crippen LogP contribution in [-0.2, 0) is 4.57 Å². The lowest BCUT2D eigenvalue weighted by Gasteiger charge is -2.38. The molecule has 4 heterocycles. The number of halogens is 1. The van der Waals surface area contributed by atoms with Crippen molar-refractivity contribution in [2.45, 2.75) is 38.3 Å². The summed E-state index contributed by atoms with van der Waals surface area (Å²) in [6, 6.07) is 9.28. The predicted octanol–water partition coefficient (Wildman–Crippen LogP) is 5.84. The Morgan fingerprint density at radius 3 is 2.46 bits per heavy atom. The van der Waals surface area contributed by atoms with Crippen molar-refractivity contribution in [1.82, 2.24) is 29.7 Å². The fourth-order valence-corrected chi connectivity index (χ4v) is 8.39. The maximum absolute atomic E-state index is 13.4. The van der Waals surface area contributed by atoms with E-state index in [1.165, 1.54) is 38.0 Å². The van der Waals surface area contributed by atoms with Crippen LogP contribution in [0.4, 0.5) is 28.8 Å². The lowest BCUT2D eigenvalue weighted by Crippen LogP contribution is -2.45. The van der Waals surface area contributed by atoms with Crippen LogP contribution >= 0.6 is 23.1 Å². The number of likely N-dealkylation sites (tertiary alicyclic amines) is 1. The SMILES string of the molecule is COc1cc(N2CCC(N3CCC(N(C)C)C3)CC2)c(C)cc1Nc1ncc(Br)c(Nc2ccc3nccnc3c2P(C)(C)=O)n1. The molecule has 2 N–H and O–H groups in total. The van der Waals surface area contributed by atoms with Crippen molar-refractivity contribution in [3.05, 3.63) is 52.9 Å². The summed E-state index contributed by atoms with van der Waals surface area (Å²) in [4.78, 5) is 25.7. The Morgan fingerprint density at radius 2 is 1.76 bits per heavy atom. The molecule has 13 heteroatoms. The second kappa shape index (κ2) is 13.4. The smallest absolute Gasteiger partial charge is 0.229 e. The number of hydrogen-bond donors (Lipinski definition) is 2. The van der Waals surface area contributed by atoms with Crippen LogP contribution in [-0.4, -0.2) is 103 Å². The molecule has 4 aromatic rings. The Labute approximate surface area is 279 Å². The van der Waals surface area contributed by atoms with Crippen molar-refractivity contribution in [3.63, 3.8) is 0 Å². The number of rotatable bonds is 9. The van der Waals surface area contributed by atoms with E-state index in [4.69, 9.17) is 9.72 Å². The van der Waals surface area contributed by atoms with Gasteiger partial charge in [-0.2, -0.15) is 4.98 Å². The molecule has 46 heavy (non-hydrogen) atoms. The van der Waals surface area contributed by atoms with Gasteiger partial charge in [-0.25, -0.2) is 4.98 Å². The number of likely N-dealkylation sites (N-methyl/N-ethyl adjacent to an activating group) is 1. The third-order valence-electron chi connectivity index (χ3n) is 9.16. The molecule has 2 fully saturated rings. The van der Waals surface area contributed by atoms with Crippen molar-refractivity contribution >= 4 is 68.2 Å². The van der Waals surface area contributed by atoms with Gasteiger partial charge < -0.3 is 29.7 Å². The van der Waals surface area contributed by atoms with Crippen molar-refractivity contribution in [2.24, 2.45) is 0 Å². The maximum atomic E-state index is 13.4. The molecule has 2 saturated heterocycles. The molecule has 0 amide bonds. The van der Waals surface area contributed by atoms with E-state index in [0.29, 0.717) is 50.3 Å². The average molecular weight is 709 g/mol. The molecule has 0 spiro atoms. The summed E-state index contributed by atoms with van der Waals surface area (Å²) in [6.45, 7) is 10.0. The van der Waals surface area contributed by atoms with Gasteiger partial charge in [0.15, 0.2) is 0 Å². The molecule has 0 bridgehead atoms. The van der Waals surface area contributed by atoms with Crippen molar-refractivity contribution in [3.8, 4) is 5.75 Å². The Morgan fingerprint density at radius 1 is 1.00 bits per heavy atom. The van der Waals surface area contributed by atoms with Crippen LogP contribution in [0.2, 0.25) is 0 Å². The van der Waals surface area contributed by atoms with Gasteiger partial charge in [-0.3, -0.25) is 14.9 Å². The number of nitrogens with zero attached hydrogens (tertiary/aromatic N) is 7. The highest BCUT2D eigenvalue weighted by Crippen LogP contribution is 2.42. The van der Waals surface area contributed by atoms with E-state index >= 15 is 0 Å². The minimum absolute atomic E-state index is 0.400. The van der Waals surface area contributed by atoms with E-state index in [1.54, 1.807) is 39.0 Å². The number of aromatic nitrogens is 4. The molecule has 2 aromatic heterocycles. The normalized spacial score (nSPS) is 18.0. The van der Waals surface area contributed by atoms with Crippen molar-refractivity contribution < 1.29 is 9.30 Å². The number of aryl methyl sites for hydroxylation is 1. The number of hydrogen-bond acceptors (Lipinski definition) is 11.